The fourth-order valence-electron chi connectivity index (χ4n) is 1.78. The van der Waals surface area contributed by atoms with Gasteiger partial charge in [0.05, 0.1) is 17.1 Å². The number of rotatable bonds is 5. The van der Waals surface area contributed by atoms with Crippen LogP contribution in [0.5, 0.6) is 5.75 Å². The second kappa shape index (κ2) is 6.12. The third-order valence-corrected chi connectivity index (χ3v) is 2.76. The number of aliphatic hydroxyl groups excluding tert-OH is 1. The second-order valence-electron chi connectivity index (χ2n) is 4.08. The minimum Gasteiger partial charge on any atom is -0.488 e. The fraction of sp³-hybridized carbons (Fsp3) is 0.143. The maximum Gasteiger partial charge on any atom is 0.276 e. The van der Waals surface area contributed by atoms with Crippen molar-refractivity contribution < 1.29 is 19.2 Å². The van der Waals surface area contributed by atoms with Gasteiger partial charge in [-0.25, -0.2) is 4.39 Å². The first-order valence-electron chi connectivity index (χ1n) is 5.86. The summed E-state index contributed by atoms with van der Waals surface area (Å²) in [4.78, 5) is 10.4. The number of ether oxygens (including phenoxy) is 1. The molecule has 2 aromatic rings. The van der Waals surface area contributed by atoms with Crippen LogP contribution in [-0.4, -0.2) is 10.0 Å². The largest absolute Gasteiger partial charge is 0.488 e. The van der Waals surface area contributed by atoms with E-state index in [1.165, 1.54) is 18.2 Å². The minimum atomic E-state index is -0.490. The molecule has 1 N–H and O–H groups in total. The van der Waals surface area contributed by atoms with E-state index in [4.69, 9.17) is 9.84 Å². The highest BCUT2D eigenvalue weighted by atomic mass is 19.1. The van der Waals surface area contributed by atoms with Gasteiger partial charge in [0.15, 0.2) is 0 Å². The molecule has 0 heterocycles. The Morgan fingerprint density at radius 3 is 2.65 bits per heavy atom. The van der Waals surface area contributed by atoms with Gasteiger partial charge >= 0.3 is 0 Å². The predicted molar refractivity (Wildman–Crippen MR) is 69.8 cm³/mol. The molecule has 104 valence electrons. The highest BCUT2D eigenvalue weighted by molar-refractivity contribution is 5.40. The minimum absolute atomic E-state index is 0.0320. The lowest BCUT2D eigenvalue weighted by molar-refractivity contribution is -0.385. The Morgan fingerprint density at radius 2 is 1.95 bits per heavy atom. The van der Waals surface area contributed by atoms with Crippen molar-refractivity contribution in [2.45, 2.75) is 13.2 Å². The van der Waals surface area contributed by atoms with Crippen molar-refractivity contribution in [3.63, 3.8) is 0 Å². The molecule has 0 unspecified atom stereocenters. The summed E-state index contributed by atoms with van der Waals surface area (Å²) >= 11 is 0. The van der Waals surface area contributed by atoms with Crippen LogP contribution in [-0.2, 0) is 13.2 Å². The molecule has 0 atom stereocenters. The molecule has 0 amide bonds. The fourth-order valence-corrected chi connectivity index (χ4v) is 1.78. The van der Waals surface area contributed by atoms with Gasteiger partial charge in [-0.3, -0.25) is 10.1 Å². The van der Waals surface area contributed by atoms with Gasteiger partial charge in [-0.15, -0.1) is 0 Å². The van der Waals surface area contributed by atoms with E-state index in [1.54, 1.807) is 18.2 Å². The molecule has 0 aliphatic carbocycles. The van der Waals surface area contributed by atoms with E-state index in [-0.39, 0.29) is 18.9 Å². The van der Waals surface area contributed by atoms with Gasteiger partial charge in [-0.05, 0) is 24.3 Å². The Hall–Kier alpha value is -2.47. The van der Waals surface area contributed by atoms with E-state index in [0.717, 1.165) is 6.07 Å². The van der Waals surface area contributed by atoms with Crippen LogP contribution >= 0.6 is 0 Å². The molecular formula is C14H12FNO4. The van der Waals surface area contributed by atoms with Gasteiger partial charge in [-0.1, -0.05) is 12.1 Å². The number of nitro benzene ring substituents is 1. The molecule has 2 rings (SSSR count). The molecule has 0 saturated carbocycles. The predicted octanol–water partition coefficient (Wildman–Crippen LogP) is 2.81. The summed E-state index contributed by atoms with van der Waals surface area (Å²) in [7, 11) is 0. The van der Waals surface area contributed by atoms with Gasteiger partial charge in [-0.2, -0.15) is 0 Å². The van der Waals surface area contributed by atoms with Gasteiger partial charge in [0.1, 0.15) is 18.2 Å². The molecule has 2 aromatic carbocycles. The van der Waals surface area contributed by atoms with E-state index >= 15 is 0 Å². The molecule has 20 heavy (non-hydrogen) atoms. The van der Waals surface area contributed by atoms with Crippen LogP contribution < -0.4 is 4.74 Å². The van der Waals surface area contributed by atoms with Gasteiger partial charge in [0.2, 0.25) is 0 Å². The van der Waals surface area contributed by atoms with Crippen LogP contribution in [0.1, 0.15) is 11.1 Å². The summed E-state index contributed by atoms with van der Waals surface area (Å²) in [5.74, 6) is -0.181. The Bertz CT molecular complexity index is 630. The number of para-hydroxylation sites is 1. The van der Waals surface area contributed by atoms with Gasteiger partial charge in [0.25, 0.3) is 5.69 Å². The first kappa shape index (κ1) is 14.0. The Labute approximate surface area is 114 Å². The van der Waals surface area contributed by atoms with Crippen LogP contribution in [0.4, 0.5) is 10.1 Å². The molecule has 0 spiro atoms. The third-order valence-electron chi connectivity index (χ3n) is 2.76. The Kier molecular flexibility index (Phi) is 4.27. The average molecular weight is 277 g/mol. The van der Waals surface area contributed by atoms with Crippen molar-refractivity contribution >= 4 is 5.69 Å². The van der Waals surface area contributed by atoms with Crippen molar-refractivity contribution in [1.82, 2.24) is 0 Å². The molecule has 0 aliphatic rings. The first-order valence-corrected chi connectivity index (χ1v) is 5.86. The summed E-state index contributed by atoms with van der Waals surface area (Å²) in [5, 5.41) is 20.0. The normalized spacial score (nSPS) is 10.3. The summed E-state index contributed by atoms with van der Waals surface area (Å²) in [6.45, 7) is -0.403. The van der Waals surface area contributed by atoms with E-state index in [1.807, 2.05) is 0 Å². The molecule has 0 radical (unpaired) electrons. The zero-order valence-electron chi connectivity index (χ0n) is 10.5. The Morgan fingerprint density at radius 1 is 1.20 bits per heavy atom. The number of benzene rings is 2. The van der Waals surface area contributed by atoms with Crippen LogP contribution in [0.2, 0.25) is 0 Å². The number of nitro groups is 1. The highest BCUT2D eigenvalue weighted by Crippen LogP contribution is 2.23. The summed E-state index contributed by atoms with van der Waals surface area (Å²) in [6, 6.07) is 9.96. The van der Waals surface area contributed by atoms with E-state index in [9.17, 15) is 14.5 Å². The van der Waals surface area contributed by atoms with Gasteiger partial charge < -0.3 is 9.84 Å². The number of hydrogen-bond acceptors (Lipinski definition) is 4. The van der Waals surface area contributed by atoms with Crippen molar-refractivity contribution in [3.8, 4) is 5.75 Å². The molecule has 0 aromatic heterocycles. The molecular weight excluding hydrogens is 265 g/mol. The van der Waals surface area contributed by atoms with Crippen LogP contribution in [0.3, 0.4) is 0 Å². The molecule has 6 heteroatoms. The van der Waals surface area contributed by atoms with Crippen LogP contribution in [0.15, 0.2) is 42.5 Å². The number of nitrogens with zero attached hydrogens (tertiary/aromatic N) is 1. The monoisotopic (exact) mass is 277 g/mol. The quantitative estimate of drug-likeness (QED) is 0.673. The summed E-state index contributed by atoms with van der Waals surface area (Å²) < 4.78 is 18.4. The number of halogens is 1. The molecule has 0 fully saturated rings. The van der Waals surface area contributed by atoms with Crippen LogP contribution in [0.25, 0.3) is 0 Å². The lowest BCUT2D eigenvalue weighted by Gasteiger charge is -2.10. The number of hydrogen-bond donors (Lipinski definition) is 1. The van der Waals surface area contributed by atoms with Crippen molar-refractivity contribution in [1.29, 1.82) is 0 Å². The highest BCUT2D eigenvalue weighted by Gasteiger charge is 2.13. The van der Waals surface area contributed by atoms with E-state index in [2.05, 4.69) is 0 Å². The van der Waals surface area contributed by atoms with Crippen molar-refractivity contribution in [3.05, 3.63) is 69.5 Å². The molecule has 5 nitrogen and oxygen atoms in total. The molecule has 0 saturated heterocycles. The van der Waals surface area contributed by atoms with Gasteiger partial charge in [0, 0.05) is 11.6 Å². The maximum absolute atomic E-state index is 13.0. The lowest BCUT2D eigenvalue weighted by atomic mass is 10.2. The first-order chi connectivity index (χ1) is 9.61. The lowest BCUT2D eigenvalue weighted by Crippen LogP contribution is -2.02. The topological polar surface area (TPSA) is 72.6 Å². The number of aliphatic hydroxyl groups is 1. The van der Waals surface area contributed by atoms with E-state index < -0.39 is 10.7 Å². The zero-order chi connectivity index (χ0) is 14.5. The summed E-state index contributed by atoms with van der Waals surface area (Å²) in [6.07, 6.45) is 0. The standard InChI is InChI=1S/C14H12FNO4/c15-12-5-6-14(11(7-12)8-17)20-9-10-3-1-2-4-13(10)16(18)19/h1-7,17H,8-9H2. The van der Waals surface area contributed by atoms with E-state index in [0.29, 0.717) is 16.9 Å². The Balaban J connectivity index is 2.19. The third kappa shape index (κ3) is 3.10. The second-order valence-corrected chi connectivity index (χ2v) is 4.08. The maximum atomic E-state index is 13.0. The SMILES string of the molecule is O=[N+]([O-])c1ccccc1COc1ccc(F)cc1CO. The zero-order valence-corrected chi connectivity index (χ0v) is 10.5. The summed E-state index contributed by atoms with van der Waals surface area (Å²) in [5.41, 5.74) is 0.662. The average Bonchev–Trinajstić information content (AvgIpc) is 2.46. The van der Waals surface area contributed by atoms with Crippen molar-refractivity contribution in [2.75, 3.05) is 0 Å². The molecule has 0 bridgehead atoms. The smallest absolute Gasteiger partial charge is 0.276 e. The van der Waals surface area contributed by atoms with Crippen LogP contribution in [0, 0.1) is 15.9 Å². The van der Waals surface area contributed by atoms with Crippen molar-refractivity contribution in [2.24, 2.45) is 0 Å². The molecule has 0 aliphatic heterocycles.